The number of aromatic hydroxyl groups is 1. The maximum absolute atomic E-state index is 8.79. The van der Waals surface area contributed by atoms with Gasteiger partial charge in [0.2, 0.25) is 0 Å². The Bertz CT molecular complexity index is 172. The van der Waals surface area contributed by atoms with Crippen molar-refractivity contribution in [1.82, 2.24) is 0 Å². The molecule has 1 aromatic carbocycles. The summed E-state index contributed by atoms with van der Waals surface area (Å²) in [4.78, 5) is 0. The molecule has 4 heteroatoms. The molecule has 0 saturated heterocycles. The van der Waals surface area contributed by atoms with Gasteiger partial charge in [-0.2, -0.15) is 0 Å². The number of phenols is 1. The Kier molecular flexibility index (Phi) is 7.64. The van der Waals surface area contributed by atoms with E-state index in [4.69, 9.17) is 16.7 Å². The Morgan fingerprint density at radius 3 is 2.00 bits per heavy atom. The molecule has 0 heterocycles. The average molecular weight is 347 g/mol. The van der Waals surface area contributed by atoms with Gasteiger partial charge in [0, 0.05) is 27.7 Å². The second-order valence-corrected chi connectivity index (χ2v) is 1.86. The molecule has 10 heavy (non-hydrogen) atoms. The van der Waals surface area contributed by atoms with E-state index in [-0.39, 0.29) is 38.9 Å². The van der Waals surface area contributed by atoms with Crippen molar-refractivity contribution in [3.05, 3.63) is 29.3 Å². The third kappa shape index (κ3) is 3.39. The molecule has 0 bridgehead atoms. The predicted octanol–water partition coefficient (Wildman–Crippen LogP) is 1.22. The fourth-order valence-electron chi connectivity index (χ4n) is 0.452. The van der Waals surface area contributed by atoms with Crippen LogP contribution in [-0.4, -0.2) is 10.6 Å². The topological polar surface area (TPSA) is 51.7 Å². The quantitative estimate of drug-likeness (QED) is 0.705. The van der Waals surface area contributed by atoms with E-state index in [2.05, 4.69) is 0 Å². The van der Waals surface area contributed by atoms with Crippen LogP contribution in [0.4, 0.5) is 0 Å². The van der Waals surface area contributed by atoms with E-state index in [1.54, 1.807) is 24.3 Å². The van der Waals surface area contributed by atoms with Crippen molar-refractivity contribution in [2.24, 2.45) is 0 Å². The zero-order chi connectivity index (χ0) is 5.98. The van der Waals surface area contributed by atoms with Crippen LogP contribution in [0.25, 0.3) is 0 Å². The summed E-state index contributed by atoms with van der Waals surface area (Å²) in [5.41, 5.74) is 0. The van der Waals surface area contributed by atoms with Gasteiger partial charge in [-0.25, -0.2) is 0 Å². The van der Waals surface area contributed by atoms with E-state index in [1.165, 1.54) is 0 Å². The molecule has 0 aliphatic rings. The molecular formula is C6H7ClHgO2. The van der Waals surface area contributed by atoms with Crippen LogP contribution in [0.1, 0.15) is 0 Å². The Morgan fingerprint density at radius 2 is 1.70 bits per heavy atom. The number of halogens is 1. The number of para-hydroxylation sites is 1. The molecule has 0 amide bonds. The van der Waals surface area contributed by atoms with E-state index in [0.29, 0.717) is 5.02 Å². The van der Waals surface area contributed by atoms with Gasteiger partial charge in [-0.1, -0.05) is 23.7 Å². The van der Waals surface area contributed by atoms with Crippen LogP contribution in [0, 0.1) is 0 Å². The van der Waals surface area contributed by atoms with Crippen LogP contribution < -0.4 is 0 Å². The third-order valence-electron chi connectivity index (χ3n) is 0.852. The van der Waals surface area contributed by atoms with Gasteiger partial charge in [-0.15, -0.1) is 0 Å². The summed E-state index contributed by atoms with van der Waals surface area (Å²) in [7, 11) is 0. The van der Waals surface area contributed by atoms with Gasteiger partial charge < -0.3 is 10.6 Å². The smallest absolute Gasteiger partial charge is 0.134 e. The molecule has 3 N–H and O–H groups in total. The first-order valence-corrected chi connectivity index (χ1v) is 2.62. The van der Waals surface area contributed by atoms with Crippen LogP contribution in [0.15, 0.2) is 24.3 Å². The van der Waals surface area contributed by atoms with Crippen molar-refractivity contribution >= 4 is 11.6 Å². The minimum atomic E-state index is 0. The fraction of sp³-hybridized carbons (Fsp3) is 0. The van der Waals surface area contributed by atoms with Crippen LogP contribution in [0.5, 0.6) is 5.75 Å². The monoisotopic (exact) mass is 348 g/mol. The van der Waals surface area contributed by atoms with Gasteiger partial charge >= 0.3 is 0 Å². The van der Waals surface area contributed by atoms with Gasteiger partial charge in [-0.3, -0.25) is 0 Å². The molecule has 1 aromatic rings. The Balaban J connectivity index is 0. The van der Waals surface area contributed by atoms with E-state index in [1.807, 2.05) is 0 Å². The van der Waals surface area contributed by atoms with Gasteiger partial charge in [-0.05, 0) is 12.1 Å². The molecule has 0 fully saturated rings. The Hall–Kier alpha value is 0.205. The largest absolute Gasteiger partial charge is 0.506 e. The summed E-state index contributed by atoms with van der Waals surface area (Å²) in [6.45, 7) is 0. The van der Waals surface area contributed by atoms with Crippen LogP contribution in [0.3, 0.4) is 0 Å². The molecule has 0 aliphatic heterocycles. The average Bonchev–Trinajstić information content (AvgIpc) is 1.77. The molecule has 0 saturated carbocycles. The third-order valence-corrected chi connectivity index (χ3v) is 1.17. The first-order chi connectivity index (χ1) is 3.80. The van der Waals surface area contributed by atoms with Crippen molar-refractivity contribution in [2.75, 3.05) is 0 Å². The standard InChI is InChI=1S/C6H5ClO.Hg.H2O/c7-5-3-1-2-4-6(5)8;;/h1-4,8H;;1H2. The Morgan fingerprint density at radius 1 is 1.20 bits per heavy atom. The van der Waals surface area contributed by atoms with Gasteiger partial charge in [0.1, 0.15) is 5.75 Å². The molecule has 0 aromatic heterocycles. The number of benzene rings is 1. The van der Waals surface area contributed by atoms with Crippen LogP contribution in [-0.2, 0) is 27.7 Å². The van der Waals surface area contributed by atoms with E-state index >= 15 is 0 Å². The summed E-state index contributed by atoms with van der Waals surface area (Å²) in [6, 6.07) is 6.67. The van der Waals surface area contributed by atoms with Gasteiger partial charge in [0.25, 0.3) is 0 Å². The molecular weight excluding hydrogens is 340 g/mol. The van der Waals surface area contributed by atoms with Crippen LogP contribution in [0.2, 0.25) is 5.02 Å². The second kappa shape index (κ2) is 5.95. The molecule has 1 rings (SSSR count). The van der Waals surface area contributed by atoms with Crippen molar-refractivity contribution < 1.29 is 38.3 Å². The molecule has 0 atom stereocenters. The summed E-state index contributed by atoms with van der Waals surface area (Å²) < 4.78 is 0. The molecule has 2 nitrogen and oxygen atoms in total. The van der Waals surface area contributed by atoms with E-state index in [9.17, 15) is 0 Å². The predicted molar refractivity (Wildman–Crippen MR) is 36.7 cm³/mol. The van der Waals surface area contributed by atoms with Gasteiger partial charge in [0.15, 0.2) is 0 Å². The normalized spacial score (nSPS) is 7.30. The SMILES string of the molecule is O.Oc1ccccc1Cl.[Hg]. The fourth-order valence-corrected chi connectivity index (χ4v) is 0.587. The minimum Gasteiger partial charge on any atom is -0.506 e. The summed E-state index contributed by atoms with van der Waals surface area (Å²) >= 11 is 5.46. The van der Waals surface area contributed by atoms with E-state index in [0.717, 1.165) is 0 Å². The number of phenolic OH excluding ortho intramolecular Hbond substituents is 1. The van der Waals surface area contributed by atoms with Crippen molar-refractivity contribution in [3.63, 3.8) is 0 Å². The number of hydrogen-bond donors (Lipinski definition) is 1. The van der Waals surface area contributed by atoms with Crippen molar-refractivity contribution in [2.45, 2.75) is 0 Å². The van der Waals surface area contributed by atoms with Crippen molar-refractivity contribution in [1.29, 1.82) is 0 Å². The maximum Gasteiger partial charge on any atom is 0.134 e. The first kappa shape index (κ1) is 12.8. The molecule has 52 valence electrons. The van der Waals surface area contributed by atoms with Gasteiger partial charge in [0.05, 0.1) is 5.02 Å². The second-order valence-electron chi connectivity index (χ2n) is 1.45. The molecule has 0 radical (unpaired) electrons. The first-order valence-electron chi connectivity index (χ1n) is 2.24. The zero-order valence-electron chi connectivity index (χ0n) is 5.34. The molecule has 0 spiro atoms. The molecule has 0 aliphatic carbocycles. The molecule has 0 unspecified atom stereocenters. The van der Waals surface area contributed by atoms with E-state index < -0.39 is 0 Å². The minimum absolute atomic E-state index is 0. The number of hydrogen-bond acceptors (Lipinski definition) is 1. The van der Waals surface area contributed by atoms with Crippen molar-refractivity contribution in [3.8, 4) is 5.75 Å². The summed E-state index contributed by atoms with van der Waals surface area (Å²) in [6.07, 6.45) is 0. The van der Waals surface area contributed by atoms with Crippen LogP contribution >= 0.6 is 11.6 Å². The maximum atomic E-state index is 8.79. The summed E-state index contributed by atoms with van der Waals surface area (Å²) in [5.74, 6) is 0.133. The Labute approximate surface area is 84.6 Å². The number of rotatable bonds is 0. The zero-order valence-corrected chi connectivity index (χ0v) is 11.6. The summed E-state index contributed by atoms with van der Waals surface area (Å²) in [5, 5.41) is 9.18.